The van der Waals surface area contributed by atoms with Crippen LogP contribution in [0.3, 0.4) is 0 Å². The van der Waals surface area contributed by atoms with E-state index < -0.39 is 0 Å². The molecule has 1 heterocycles. The van der Waals surface area contributed by atoms with Crippen LogP contribution in [-0.2, 0) is 4.79 Å². The van der Waals surface area contributed by atoms with Crippen molar-refractivity contribution in [3.05, 3.63) is 33.9 Å². The Bertz CT molecular complexity index is 524. The lowest BCUT2D eigenvalue weighted by Crippen LogP contribution is -2.49. The number of nitro benzene ring substituents is 1. The lowest BCUT2D eigenvalue weighted by atomic mass is 10.1. The first kappa shape index (κ1) is 14.3. The number of hydrogen-bond donors (Lipinski definition) is 1. The lowest BCUT2D eigenvalue weighted by molar-refractivity contribution is -0.384. The summed E-state index contributed by atoms with van der Waals surface area (Å²) < 4.78 is 0. The van der Waals surface area contributed by atoms with Crippen molar-refractivity contribution in [1.29, 1.82) is 0 Å². The minimum atomic E-state index is -0.357. The Morgan fingerprint density at radius 3 is 2.55 bits per heavy atom. The number of benzene rings is 1. The second-order valence-electron chi connectivity index (χ2n) is 4.98. The van der Waals surface area contributed by atoms with Crippen molar-refractivity contribution in [3.8, 4) is 0 Å². The minimum absolute atomic E-state index is 0.124. The molecule has 1 fully saturated rings. The van der Waals surface area contributed by atoms with Crippen LogP contribution < -0.4 is 10.6 Å². The molecule has 0 bridgehead atoms. The van der Waals surface area contributed by atoms with Gasteiger partial charge in [-0.1, -0.05) is 6.07 Å². The number of carbonyl (C=O) groups is 1. The molecule has 0 aliphatic carbocycles. The quantitative estimate of drug-likeness (QED) is 0.640. The molecule has 1 aliphatic rings. The van der Waals surface area contributed by atoms with Crippen molar-refractivity contribution in [2.24, 2.45) is 5.73 Å². The molecule has 20 heavy (non-hydrogen) atoms. The second-order valence-corrected chi connectivity index (χ2v) is 4.98. The molecule has 0 atom stereocenters. The predicted molar refractivity (Wildman–Crippen MR) is 75.7 cm³/mol. The highest BCUT2D eigenvalue weighted by atomic mass is 16.6. The molecule has 0 saturated carbocycles. The summed E-state index contributed by atoms with van der Waals surface area (Å²) in [6, 6.07) is 5.12. The predicted octanol–water partition coefficient (Wildman–Crippen LogP) is 0.511. The van der Waals surface area contributed by atoms with Crippen LogP contribution in [0.15, 0.2) is 18.2 Å². The van der Waals surface area contributed by atoms with Gasteiger partial charge in [0.25, 0.3) is 5.69 Å². The summed E-state index contributed by atoms with van der Waals surface area (Å²) in [5.74, 6) is -0.347. The maximum atomic E-state index is 11.1. The highest BCUT2D eigenvalue weighted by molar-refractivity contribution is 5.76. The maximum absolute atomic E-state index is 11.1. The third-order valence-corrected chi connectivity index (χ3v) is 3.42. The van der Waals surface area contributed by atoms with Crippen LogP contribution in [0.5, 0.6) is 0 Å². The zero-order valence-electron chi connectivity index (χ0n) is 11.4. The van der Waals surface area contributed by atoms with Crippen molar-refractivity contribution in [1.82, 2.24) is 4.90 Å². The van der Waals surface area contributed by atoms with Gasteiger partial charge in [-0.3, -0.25) is 19.8 Å². The molecular weight excluding hydrogens is 260 g/mol. The summed E-state index contributed by atoms with van der Waals surface area (Å²) in [6.07, 6.45) is 0. The highest BCUT2D eigenvalue weighted by Gasteiger charge is 2.24. The number of nitro groups is 1. The Labute approximate surface area is 117 Å². The molecule has 0 aromatic heterocycles. The van der Waals surface area contributed by atoms with Gasteiger partial charge in [0, 0.05) is 32.2 Å². The summed E-state index contributed by atoms with van der Waals surface area (Å²) in [6.45, 7) is 4.80. The number of rotatable bonds is 4. The lowest BCUT2D eigenvalue weighted by Gasteiger charge is -2.35. The van der Waals surface area contributed by atoms with Crippen LogP contribution in [0.2, 0.25) is 0 Å². The summed E-state index contributed by atoms with van der Waals surface area (Å²) in [5, 5.41) is 11.1. The van der Waals surface area contributed by atoms with E-state index in [9.17, 15) is 14.9 Å². The van der Waals surface area contributed by atoms with Crippen molar-refractivity contribution >= 4 is 17.3 Å². The Balaban J connectivity index is 2.12. The number of primary amides is 1. The first-order valence-corrected chi connectivity index (χ1v) is 6.48. The zero-order chi connectivity index (χ0) is 14.7. The van der Waals surface area contributed by atoms with Crippen LogP contribution in [0.4, 0.5) is 11.4 Å². The van der Waals surface area contributed by atoms with Gasteiger partial charge in [-0.05, 0) is 18.6 Å². The average Bonchev–Trinajstić information content (AvgIpc) is 2.38. The first-order valence-electron chi connectivity index (χ1n) is 6.48. The SMILES string of the molecule is Cc1ccc([N+](=O)[O-])c(N2CCN(CC(N)=O)CC2)c1. The van der Waals surface area contributed by atoms with Crippen LogP contribution in [0, 0.1) is 17.0 Å². The van der Waals surface area contributed by atoms with Gasteiger partial charge < -0.3 is 10.6 Å². The molecule has 1 amide bonds. The molecule has 7 heteroatoms. The second kappa shape index (κ2) is 5.87. The molecule has 1 aromatic rings. The van der Waals surface area contributed by atoms with Crippen molar-refractivity contribution in [2.75, 3.05) is 37.6 Å². The van der Waals surface area contributed by atoms with Crippen LogP contribution in [0.1, 0.15) is 5.56 Å². The Kier molecular flexibility index (Phi) is 4.19. The summed E-state index contributed by atoms with van der Waals surface area (Å²) in [5.41, 5.74) is 6.93. The number of carbonyl (C=O) groups excluding carboxylic acids is 1. The van der Waals surface area contributed by atoms with Gasteiger partial charge in [0.15, 0.2) is 0 Å². The van der Waals surface area contributed by atoms with Crippen molar-refractivity contribution in [2.45, 2.75) is 6.92 Å². The highest BCUT2D eigenvalue weighted by Crippen LogP contribution is 2.29. The number of hydrogen-bond acceptors (Lipinski definition) is 5. The number of piperazine rings is 1. The minimum Gasteiger partial charge on any atom is -0.369 e. The number of nitrogens with zero attached hydrogens (tertiary/aromatic N) is 3. The summed E-state index contributed by atoms with van der Waals surface area (Å²) in [7, 11) is 0. The third kappa shape index (κ3) is 3.24. The summed E-state index contributed by atoms with van der Waals surface area (Å²) >= 11 is 0. The van der Waals surface area contributed by atoms with Gasteiger partial charge in [-0.25, -0.2) is 0 Å². The third-order valence-electron chi connectivity index (χ3n) is 3.42. The molecule has 2 N–H and O–H groups in total. The monoisotopic (exact) mass is 278 g/mol. The fraction of sp³-hybridized carbons (Fsp3) is 0.462. The van der Waals surface area contributed by atoms with Gasteiger partial charge >= 0.3 is 0 Å². The Morgan fingerprint density at radius 1 is 1.35 bits per heavy atom. The molecule has 0 unspecified atom stereocenters. The van der Waals surface area contributed by atoms with Crippen molar-refractivity contribution < 1.29 is 9.72 Å². The molecular formula is C13H18N4O3. The number of amides is 1. The average molecular weight is 278 g/mol. The van der Waals surface area contributed by atoms with Crippen molar-refractivity contribution in [3.63, 3.8) is 0 Å². The smallest absolute Gasteiger partial charge is 0.292 e. The van der Waals surface area contributed by atoms with Crippen LogP contribution in [0.25, 0.3) is 0 Å². The fourth-order valence-corrected chi connectivity index (χ4v) is 2.41. The van der Waals surface area contributed by atoms with E-state index in [0.717, 1.165) is 5.56 Å². The molecule has 0 spiro atoms. The Morgan fingerprint density at radius 2 is 2.00 bits per heavy atom. The summed E-state index contributed by atoms with van der Waals surface area (Å²) in [4.78, 5) is 25.6. The molecule has 0 radical (unpaired) electrons. The maximum Gasteiger partial charge on any atom is 0.292 e. The molecule has 1 saturated heterocycles. The van der Waals surface area contributed by atoms with Gasteiger partial charge in [0.1, 0.15) is 5.69 Å². The van der Waals surface area contributed by atoms with E-state index >= 15 is 0 Å². The Hall–Kier alpha value is -2.15. The zero-order valence-corrected chi connectivity index (χ0v) is 11.4. The van der Waals surface area contributed by atoms with E-state index in [-0.39, 0.29) is 23.1 Å². The van der Waals surface area contributed by atoms with E-state index in [0.29, 0.717) is 31.9 Å². The molecule has 1 aromatic carbocycles. The van der Waals surface area contributed by atoms with E-state index in [1.165, 1.54) is 0 Å². The molecule has 7 nitrogen and oxygen atoms in total. The van der Waals surface area contributed by atoms with E-state index in [1.54, 1.807) is 12.1 Å². The standard InChI is InChI=1S/C13H18N4O3/c1-10-2-3-11(17(19)20)12(8-10)16-6-4-15(5-7-16)9-13(14)18/h2-3,8H,4-7,9H2,1H3,(H2,14,18). The van der Waals surface area contributed by atoms with E-state index in [1.807, 2.05) is 22.8 Å². The van der Waals surface area contributed by atoms with E-state index in [2.05, 4.69) is 0 Å². The van der Waals surface area contributed by atoms with Crippen LogP contribution in [-0.4, -0.2) is 48.5 Å². The van der Waals surface area contributed by atoms with Gasteiger partial charge in [0.2, 0.25) is 5.91 Å². The first-order chi connectivity index (χ1) is 9.47. The number of nitrogens with two attached hydrogens (primary N) is 1. The van der Waals surface area contributed by atoms with Gasteiger partial charge in [-0.2, -0.15) is 0 Å². The molecule has 1 aliphatic heterocycles. The van der Waals surface area contributed by atoms with Gasteiger partial charge in [0.05, 0.1) is 11.5 Å². The molecule has 2 rings (SSSR count). The normalized spacial score (nSPS) is 16.1. The molecule has 108 valence electrons. The fourth-order valence-electron chi connectivity index (χ4n) is 2.41. The topological polar surface area (TPSA) is 92.7 Å². The largest absolute Gasteiger partial charge is 0.369 e. The number of aryl methyl sites for hydroxylation is 1. The van der Waals surface area contributed by atoms with E-state index in [4.69, 9.17) is 5.73 Å². The van der Waals surface area contributed by atoms with Crippen LogP contribution >= 0.6 is 0 Å². The number of anilines is 1. The van der Waals surface area contributed by atoms with Gasteiger partial charge in [-0.15, -0.1) is 0 Å².